The van der Waals surface area contributed by atoms with E-state index >= 15 is 0 Å². The van der Waals surface area contributed by atoms with Gasteiger partial charge >= 0.3 is 5.97 Å². The van der Waals surface area contributed by atoms with Crippen molar-refractivity contribution in [3.8, 4) is 11.5 Å². The van der Waals surface area contributed by atoms with Crippen LogP contribution in [-0.2, 0) is 16.1 Å². The van der Waals surface area contributed by atoms with E-state index in [0.29, 0.717) is 50.0 Å². The molecule has 0 amide bonds. The number of hydrogen-bond acceptors (Lipinski definition) is 5. The molecule has 0 saturated carbocycles. The predicted octanol–water partition coefficient (Wildman–Crippen LogP) is 5.76. The molecule has 3 rings (SSSR count). The third-order valence-corrected chi connectivity index (χ3v) is 5.48. The molecule has 0 unspecified atom stereocenters. The number of esters is 1. The Morgan fingerprint density at radius 3 is 2.71 bits per heavy atom. The number of phenols is 1. The molecule has 5 heteroatoms. The van der Waals surface area contributed by atoms with E-state index < -0.39 is 5.97 Å². The van der Waals surface area contributed by atoms with Crippen molar-refractivity contribution in [3.05, 3.63) is 64.7 Å². The number of benzene rings is 2. The number of phenolic OH excluding ortho intramolecular Hbond substituents is 1. The lowest BCUT2D eigenvalue weighted by atomic mass is 10.0. The van der Waals surface area contributed by atoms with Gasteiger partial charge in [0.1, 0.15) is 29.5 Å². The van der Waals surface area contributed by atoms with Crippen LogP contribution in [0.5, 0.6) is 11.5 Å². The van der Waals surface area contributed by atoms with Crippen LogP contribution in [0, 0.1) is 6.92 Å². The number of fused-ring (bicyclic) bond motifs is 1. The smallest absolute Gasteiger partial charge is 0.342 e. The average molecular weight is 423 g/mol. The molecule has 164 valence electrons. The summed E-state index contributed by atoms with van der Waals surface area (Å²) in [5.41, 5.74) is 2.85. The first kappa shape index (κ1) is 22.6. The molecule has 1 heterocycles. The van der Waals surface area contributed by atoms with E-state index in [9.17, 15) is 14.7 Å². The Morgan fingerprint density at radius 2 is 1.90 bits per heavy atom. The van der Waals surface area contributed by atoms with Crippen molar-refractivity contribution in [2.24, 2.45) is 0 Å². The molecule has 0 saturated heterocycles. The zero-order valence-corrected chi connectivity index (χ0v) is 18.2. The van der Waals surface area contributed by atoms with Crippen LogP contribution in [0.2, 0.25) is 0 Å². The number of ketones is 1. The molecule has 1 N–H and O–H groups in total. The average Bonchev–Trinajstić information content (AvgIpc) is 2.72. The molecule has 2 aromatic carbocycles. The van der Waals surface area contributed by atoms with Crippen LogP contribution in [0.25, 0.3) is 6.08 Å². The summed E-state index contributed by atoms with van der Waals surface area (Å²) in [7, 11) is 0. The predicted molar refractivity (Wildman–Crippen MR) is 120 cm³/mol. The quantitative estimate of drug-likeness (QED) is 0.637. The van der Waals surface area contributed by atoms with Gasteiger partial charge < -0.3 is 14.6 Å². The molecule has 0 spiro atoms. The second kappa shape index (κ2) is 10.8. The van der Waals surface area contributed by atoms with Gasteiger partial charge in [0.15, 0.2) is 0 Å². The summed E-state index contributed by atoms with van der Waals surface area (Å²) in [4.78, 5) is 24.7. The fourth-order valence-electron chi connectivity index (χ4n) is 3.63. The molecule has 0 bridgehead atoms. The van der Waals surface area contributed by atoms with Crippen LogP contribution in [0.15, 0.2) is 42.5 Å². The number of hydrogen-bond donors (Lipinski definition) is 1. The molecule has 2 aromatic rings. The Balaban J connectivity index is 1.86. The molecule has 0 aromatic heterocycles. The Labute approximate surface area is 183 Å². The molecule has 1 aliphatic rings. The fraction of sp³-hybridized carbons (Fsp3) is 0.385. The van der Waals surface area contributed by atoms with Crippen molar-refractivity contribution >= 4 is 17.8 Å². The lowest BCUT2D eigenvalue weighted by Crippen LogP contribution is -2.17. The summed E-state index contributed by atoms with van der Waals surface area (Å²) in [6.45, 7) is 4.18. The zero-order chi connectivity index (χ0) is 22.2. The maximum absolute atomic E-state index is 12.8. The van der Waals surface area contributed by atoms with Gasteiger partial charge in [-0.3, -0.25) is 4.79 Å². The normalized spacial score (nSPS) is 18.1. The lowest BCUT2D eigenvalue weighted by molar-refractivity contribution is -0.119. The van der Waals surface area contributed by atoms with E-state index in [1.807, 2.05) is 37.3 Å². The standard InChI is InChI=1S/C26H30O5/c1-18-9-6-7-12-21(18)17-30-23-15-20-11-4-3-5-13-22(27)14-8-10-19(2)31-26(29)25(20)24(28)16-23/h4,6-7,9,11-12,15-16,19,28H,3,5,8,10,13-14,17H2,1-2H3/t19-/m0/s1. The van der Waals surface area contributed by atoms with Crippen molar-refractivity contribution in [1.82, 2.24) is 0 Å². The SMILES string of the molecule is Cc1ccccc1COc1cc(O)c2c(c1)C=CCCCC(=O)CCC[C@H](C)OC2=O. The fourth-order valence-corrected chi connectivity index (χ4v) is 3.63. The minimum absolute atomic E-state index is 0.138. The van der Waals surface area contributed by atoms with E-state index in [-0.39, 0.29) is 23.2 Å². The van der Waals surface area contributed by atoms with Crippen LogP contribution < -0.4 is 4.74 Å². The number of Topliss-reactive ketones (excluding diaryl/α,β-unsaturated/α-hetero) is 1. The Morgan fingerprint density at radius 1 is 1.13 bits per heavy atom. The minimum atomic E-state index is -0.571. The van der Waals surface area contributed by atoms with Crippen molar-refractivity contribution in [2.45, 2.75) is 65.1 Å². The molecule has 31 heavy (non-hydrogen) atoms. The molecule has 0 radical (unpaired) electrons. The summed E-state index contributed by atoms with van der Waals surface area (Å²) in [6, 6.07) is 11.1. The first-order valence-electron chi connectivity index (χ1n) is 10.9. The number of aryl methyl sites for hydroxylation is 1. The van der Waals surface area contributed by atoms with Gasteiger partial charge in [-0.2, -0.15) is 0 Å². The number of carbonyl (C=O) groups is 2. The first-order chi connectivity index (χ1) is 14.9. The van der Waals surface area contributed by atoms with E-state index in [0.717, 1.165) is 17.5 Å². The van der Waals surface area contributed by atoms with Crippen molar-refractivity contribution in [2.75, 3.05) is 0 Å². The second-order valence-electron chi connectivity index (χ2n) is 8.06. The monoisotopic (exact) mass is 422 g/mol. The highest BCUT2D eigenvalue weighted by molar-refractivity contribution is 5.97. The molecule has 0 fully saturated rings. The Bertz CT molecular complexity index is 960. The Hall–Kier alpha value is -3.08. The van der Waals surface area contributed by atoms with Gasteiger partial charge in [0.05, 0.1) is 6.10 Å². The summed E-state index contributed by atoms with van der Waals surface area (Å²) in [5, 5.41) is 10.6. The minimum Gasteiger partial charge on any atom is -0.507 e. The molecular formula is C26H30O5. The number of rotatable bonds is 3. The van der Waals surface area contributed by atoms with Crippen molar-refractivity contribution in [1.29, 1.82) is 0 Å². The third kappa shape index (κ3) is 6.45. The van der Waals surface area contributed by atoms with Gasteiger partial charge in [0, 0.05) is 18.9 Å². The van der Waals surface area contributed by atoms with Crippen LogP contribution in [-0.4, -0.2) is 23.0 Å². The molecule has 0 aliphatic carbocycles. The number of aromatic hydroxyl groups is 1. The topological polar surface area (TPSA) is 72.8 Å². The van der Waals surface area contributed by atoms with Crippen LogP contribution in [0.4, 0.5) is 0 Å². The number of ether oxygens (including phenoxy) is 2. The largest absolute Gasteiger partial charge is 0.507 e. The molecule has 1 atom stereocenters. The van der Waals surface area contributed by atoms with Gasteiger partial charge in [-0.1, -0.05) is 36.4 Å². The van der Waals surface area contributed by atoms with Crippen molar-refractivity contribution in [3.63, 3.8) is 0 Å². The highest BCUT2D eigenvalue weighted by atomic mass is 16.5. The van der Waals surface area contributed by atoms with Crippen LogP contribution >= 0.6 is 0 Å². The van der Waals surface area contributed by atoms with Gasteiger partial charge in [-0.25, -0.2) is 4.79 Å². The zero-order valence-electron chi connectivity index (χ0n) is 18.2. The third-order valence-electron chi connectivity index (χ3n) is 5.48. The second-order valence-corrected chi connectivity index (χ2v) is 8.06. The number of cyclic esters (lactones) is 1. The molecule has 5 nitrogen and oxygen atoms in total. The van der Waals surface area contributed by atoms with E-state index in [1.165, 1.54) is 6.07 Å². The summed E-state index contributed by atoms with van der Waals surface area (Å²) in [6.07, 6.45) is 7.21. The summed E-state index contributed by atoms with van der Waals surface area (Å²) < 4.78 is 11.4. The van der Waals surface area contributed by atoms with E-state index in [4.69, 9.17) is 9.47 Å². The van der Waals surface area contributed by atoms with Crippen molar-refractivity contribution < 1.29 is 24.2 Å². The number of carbonyl (C=O) groups excluding carboxylic acids is 2. The van der Waals surface area contributed by atoms with E-state index in [2.05, 4.69) is 0 Å². The van der Waals surface area contributed by atoms with Crippen LogP contribution in [0.3, 0.4) is 0 Å². The number of allylic oxidation sites excluding steroid dienone is 1. The van der Waals surface area contributed by atoms with Gasteiger partial charge in [0.25, 0.3) is 0 Å². The highest BCUT2D eigenvalue weighted by Crippen LogP contribution is 2.31. The molecular weight excluding hydrogens is 392 g/mol. The van der Waals surface area contributed by atoms with E-state index in [1.54, 1.807) is 19.1 Å². The summed E-state index contributed by atoms with van der Waals surface area (Å²) >= 11 is 0. The van der Waals surface area contributed by atoms with Gasteiger partial charge in [-0.05, 0) is 62.3 Å². The summed E-state index contributed by atoms with van der Waals surface area (Å²) in [5.74, 6) is -0.0184. The lowest BCUT2D eigenvalue weighted by Gasteiger charge is -2.17. The van der Waals surface area contributed by atoms with Crippen LogP contribution in [0.1, 0.15) is 72.5 Å². The first-order valence-corrected chi connectivity index (χ1v) is 10.9. The highest BCUT2D eigenvalue weighted by Gasteiger charge is 2.21. The molecule has 1 aliphatic heterocycles. The maximum Gasteiger partial charge on any atom is 0.342 e. The Kier molecular flexibility index (Phi) is 7.88. The van der Waals surface area contributed by atoms with Gasteiger partial charge in [-0.15, -0.1) is 0 Å². The maximum atomic E-state index is 12.8. The van der Waals surface area contributed by atoms with Gasteiger partial charge in [0.2, 0.25) is 0 Å².